The summed E-state index contributed by atoms with van der Waals surface area (Å²) >= 11 is 15.9. The molecule has 0 saturated heterocycles. The molecule has 0 heterocycles. The van der Waals surface area contributed by atoms with E-state index >= 15 is 0 Å². The van der Waals surface area contributed by atoms with Gasteiger partial charge in [0.2, 0.25) is 0 Å². The molecule has 3 rings (SSSR count). The fraction of sp³-hybridized carbons (Fsp3) is 0.192. The van der Waals surface area contributed by atoms with Gasteiger partial charge in [0, 0.05) is 28.6 Å². The number of benzene rings is 3. The predicted octanol–water partition coefficient (Wildman–Crippen LogP) is 8.79. The highest BCUT2D eigenvalue weighted by Crippen LogP contribution is 2.33. The molecule has 236 valence electrons. The Morgan fingerprint density at radius 3 is 1.36 bits per heavy atom. The second-order valence-corrected chi connectivity index (χ2v) is 19.7. The molecule has 0 atom stereocenters. The van der Waals surface area contributed by atoms with E-state index in [9.17, 15) is 27.4 Å². The van der Waals surface area contributed by atoms with Gasteiger partial charge in [0.05, 0.1) is 11.1 Å². The molecule has 9 nitrogen and oxygen atoms in total. The number of esters is 3. The van der Waals surface area contributed by atoms with Gasteiger partial charge in [0.1, 0.15) is 29.3 Å². The number of rotatable bonds is 10. The molecule has 3 aromatic rings. The number of halogens is 8. The summed E-state index contributed by atoms with van der Waals surface area (Å²) in [5, 5.41) is 0. The third kappa shape index (κ3) is 10.2. The smallest absolute Gasteiger partial charge is 0.340 e. The van der Waals surface area contributed by atoms with E-state index in [1.165, 1.54) is 12.1 Å². The molecule has 0 aliphatic heterocycles. The Kier molecular flexibility index (Phi) is 15.7. The van der Waals surface area contributed by atoms with Crippen molar-refractivity contribution in [2.75, 3.05) is 13.2 Å². The van der Waals surface area contributed by atoms with Crippen LogP contribution in [0.5, 0.6) is 5.75 Å². The number of ether oxygens (including phenoxy) is 3. The molecule has 1 N–H and O–H groups in total. The first-order valence-electron chi connectivity index (χ1n) is 11.7. The van der Waals surface area contributed by atoms with Gasteiger partial charge < -0.3 is 14.2 Å². The van der Waals surface area contributed by atoms with E-state index in [2.05, 4.69) is 45.2 Å². The zero-order valence-corrected chi connectivity index (χ0v) is 39.8. The lowest BCUT2D eigenvalue weighted by atomic mass is 9.87. The molecule has 18 heteroatoms. The van der Waals surface area contributed by atoms with E-state index < -0.39 is 46.7 Å². The maximum absolute atomic E-state index is 13.8. The van der Waals surface area contributed by atoms with Gasteiger partial charge in [0.25, 0.3) is 10.1 Å². The van der Waals surface area contributed by atoms with Crippen LogP contribution in [0.4, 0.5) is 0 Å². The Hall–Kier alpha value is 1.82. The second-order valence-electron chi connectivity index (χ2n) is 8.86. The molecule has 0 radical (unpaired) electrons. The van der Waals surface area contributed by atoms with Crippen molar-refractivity contribution in [1.82, 2.24) is 0 Å². The van der Waals surface area contributed by atoms with Gasteiger partial charge in [-0.3, -0.25) is 9.35 Å². The minimum absolute atomic E-state index is 0.00450. The van der Waals surface area contributed by atoms with E-state index in [-0.39, 0.29) is 24.2 Å². The number of hydrogen-bond acceptors (Lipinski definition) is 8. The highest BCUT2D eigenvalue weighted by molar-refractivity contribution is 14.1. The first-order valence-corrected chi connectivity index (χ1v) is 21.8. The molecule has 0 spiro atoms. The van der Waals surface area contributed by atoms with Crippen molar-refractivity contribution in [1.29, 1.82) is 0 Å². The van der Waals surface area contributed by atoms with Crippen LogP contribution in [0, 0.1) is 34.0 Å². The summed E-state index contributed by atoms with van der Waals surface area (Å²) in [6, 6.07) is 9.88. The number of hydrogen-bond donors (Lipinski definition) is 1. The van der Waals surface area contributed by atoms with E-state index in [4.69, 9.17) is 14.2 Å². The van der Waals surface area contributed by atoms with Crippen LogP contribution in [0.3, 0.4) is 0 Å². The van der Waals surface area contributed by atoms with Crippen molar-refractivity contribution >= 4 is 209 Å². The summed E-state index contributed by atoms with van der Waals surface area (Å²) in [5.74, 6) is -2.17. The normalized spacial score (nSPS) is 11.7. The largest absolute Gasteiger partial charge is 0.461 e. The summed E-state index contributed by atoms with van der Waals surface area (Å²) in [4.78, 5) is 40.1. The first-order chi connectivity index (χ1) is 20.4. The maximum Gasteiger partial charge on any atom is 0.340 e. The van der Waals surface area contributed by atoms with E-state index in [1.807, 2.05) is 115 Å². The van der Waals surface area contributed by atoms with E-state index in [1.54, 1.807) is 52.1 Å². The molecule has 3 aromatic carbocycles. The minimum atomic E-state index is -4.53. The standard InChI is InChI=1S/C26H16I8O9S/c1-2-26(9-41-23(35)20-14(29)3-11(27)4-15(20)30,10-42-24(36)21-16(31)5-12(28)6-17(21)32)25(37)43-13-7-18(33)22(19(34)8-13)44(38,39)40/h3-8H,2,9-10H2,1H3,(H,38,39,40). The summed E-state index contributed by atoms with van der Waals surface area (Å²) < 4.78 is 55.1. The van der Waals surface area contributed by atoms with Gasteiger partial charge in [-0.2, -0.15) is 8.42 Å². The van der Waals surface area contributed by atoms with Crippen LogP contribution >= 0.6 is 181 Å². The average molecular weight is 1520 g/mol. The Morgan fingerprint density at radius 2 is 1.05 bits per heavy atom. The van der Waals surface area contributed by atoms with Crippen LogP contribution in [-0.4, -0.2) is 44.1 Å². The van der Waals surface area contributed by atoms with Crippen LogP contribution in [0.2, 0.25) is 0 Å². The fourth-order valence-electron chi connectivity index (χ4n) is 3.59. The van der Waals surface area contributed by atoms with Crippen molar-refractivity contribution in [3.8, 4) is 5.75 Å². The van der Waals surface area contributed by atoms with Gasteiger partial charge in [-0.05, 0) is 224 Å². The van der Waals surface area contributed by atoms with Crippen molar-refractivity contribution in [2.45, 2.75) is 18.2 Å². The lowest BCUT2D eigenvalue weighted by molar-refractivity contribution is -0.152. The summed E-state index contributed by atoms with van der Waals surface area (Å²) in [5.41, 5.74) is -0.936. The molecule has 44 heavy (non-hydrogen) atoms. The molecule has 0 amide bonds. The molecule has 0 fully saturated rings. The van der Waals surface area contributed by atoms with Crippen molar-refractivity contribution in [3.05, 3.63) is 76.1 Å². The second kappa shape index (κ2) is 17.2. The van der Waals surface area contributed by atoms with E-state index in [0.717, 1.165) is 7.14 Å². The summed E-state index contributed by atoms with van der Waals surface area (Å²) in [6.45, 7) is 0.740. The molecule has 0 aliphatic carbocycles. The lowest BCUT2D eigenvalue weighted by Gasteiger charge is -2.29. The molecule has 0 unspecified atom stereocenters. The zero-order chi connectivity index (χ0) is 33.1. The molecule has 0 saturated carbocycles. The van der Waals surface area contributed by atoms with Gasteiger partial charge in [-0.15, -0.1) is 0 Å². The third-order valence-corrected chi connectivity index (χ3v) is 14.0. The Bertz CT molecular complexity index is 1620. The highest BCUT2D eigenvalue weighted by atomic mass is 127. The quantitative estimate of drug-likeness (QED) is 0.0916. The molecular weight excluding hydrogens is 1500 g/mol. The lowest BCUT2D eigenvalue weighted by Crippen LogP contribution is -2.44. The predicted molar refractivity (Wildman–Crippen MR) is 230 cm³/mol. The van der Waals surface area contributed by atoms with Crippen LogP contribution in [-0.2, 0) is 24.4 Å². The van der Waals surface area contributed by atoms with Crippen molar-refractivity contribution in [2.24, 2.45) is 5.41 Å². The fourth-order valence-corrected chi connectivity index (χ4v) is 15.6. The SMILES string of the molecule is CCC(COC(=O)c1c(I)cc(I)cc1I)(COC(=O)c1c(I)cc(I)cc1I)C(=O)Oc1cc(I)c(S(=O)(=O)O)c(I)c1. The van der Waals surface area contributed by atoms with Gasteiger partial charge in [-0.1, -0.05) is 6.92 Å². The van der Waals surface area contributed by atoms with Crippen molar-refractivity contribution < 1.29 is 41.6 Å². The molecule has 0 aliphatic rings. The first kappa shape index (κ1) is 40.3. The Morgan fingerprint density at radius 1 is 0.682 bits per heavy atom. The van der Waals surface area contributed by atoms with Crippen molar-refractivity contribution in [3.63, 3.8) is 0 Å². The Balaban J connectivity index is 1.98. The average Bonchev–Trinajstić information content (AvgIpc) is 2.86. The Labute approximate surface area is 362 Å². The minimum Gasteiger partial charge on any atom is -0.461 e. The van der Waals surface area contributed by atoms with Crippen LogP contribution in [0.25, 0.3) is 0 Å². The van der Waals surface area contributed by atoms with Crippen LogP contribution in [0.1, 0.15) is 34.1 Å². The maximum atomic E-state index is 13.8. The molecular formula is C26H16I8O9S. The van der Waals surface area contributed by atoms with Crippen LogP contribution < -0.4 is 4.74 Å². The number of carbonyl (C=O) groups excluding carboxylic acids is 3. The topological polar surface area (TPSA) is 133 Å². The monoisotopic (exact) mass is 1520 g/mol. The number of carbonyl (C=O) groups is 3. The van der Waals surface area contributed by atoms with Crippen LogP contribution in [0.15, 0.2) is 41.3 Å². The van der Waals surface area contributed by atoms with Gasteiger partial charge in [0.15, 0.2) is 0 Å². The summed E-state index contributed by atoms with van der Waals surface area (Å²) in [7, 11) is -4.53. The van der Waals surface area contributed by atoms with E-state index in [0.29, 0.717) is 25.4 Å². The molecule has 0 bridgehead atoms. The third-order valence-electron chi connectivity index (χ3n) is 5.93. The highest BCUT2D eigenvalue weighted by Gasteiger charge is 2.43. The van der Waals surface area contributed by atoms with Gasteiger partial charge in [-0.25, -0.2) is 9.59 Å². The zero-order valence-electron chi connectivity index (χ0n) is 21.7. The van der Waals surface area contributed by atoms with Gasteiger partial charge >= 0.3 is 17.9 Å². The summed E-state index contributed by atoms with van der Waals surface area (Å²) in [6.07, 6.45) is 0.0609. The molecule has 0 aromatic heterocycles.